The van der Waals surface area contributed by atoms with Gasteiger partial charge in [0.05, 0.1) is 5.69 Å². The molecule has 2 atom stereocenters. The molecule has 1 saturated heterocycles. The van der Waals surface area contributed by atoms with Crippen LogP contribution in [0.25, 0.3) is 0 Å². The molecule has 4 heteroatoms. The second-order valence-electron chi connectivity index (χ2n) is 4.75. The second-order valence-corrected chi connectivity index (χ2v) is 4.75. The van der Waals surface area contributed by atoms with E-state index in [1.54, 1.807) is 6.20 Å². The van der Waals surface area contributed by atoms with E-state index in [4.69, 9.17) is 5.26 Å². The molecule has 0 spiro atoms. The van der Waals surface area contributed by atoms with E-state index in [1.165, 1.54) is 0 Å². The van der Waals surface area contributed by atoms with Crippen LogP contribution in [0.15, 0.2) is 18.3 Å². The van der Waals surface area contributed by atoms with Crippen LogP contribution in [0.3, 0.4) is 0 Å². The highest BCUT2D eigenvalue weighted by molar-refractivity contribution is 5.56. The molecule has 0 amide bonds. The van der Waals surface area contributed by atoms with Gasteiger partial charge in [-0.3, -0.25) is 4.90 Å². The monoisotopic (exact) mass is 230 g/mol. The lowest BCUT2D eigenvalue weighted by Crippen LogP contribution is -2.55. The normalized spacial score (nSPS) is 25.6. The predicted octanol–water partition coefficient (Wildman–Crippen LogP) is 1.48. The molecule has 0 N–H and O–H groups in total. The van der Waals surface area contributed by atoms with E-state index in [-0.39, 0.29) is 0 Å². The zero-order valence-electron chi connectivity index (χ0n) is 10.6. The first kappa shape index (κ1) is 11.9. The van der Waals surface area contributed by atoms with Crippen molar-refractivity contribution in [2.45, 2.75) is 25.9 Å². The Hall–Kier alpha value is -1.60. The zero-order valence-corrected chi connectivity index (χ0v) is 10.6. The van der Waals surface area contributed by atoms with Crippen molar-refractivity contribution < 1.29 is 0 Å². The average Bonchev–Trinajstić information content (AvgIpc) is 2.35. The highest BCUT2D eigenvalue weighted by atomic mass is 15.3. The third kappa shape index (κ3) is 2.25. The van der Waals surface area contributed by atoms with Gasteiger partial charge >= 0.3 is 0 Å². The molecule has 90 valence electrons. The Labute approximate surface area is 102 Å². The number of nitrogens with zero attached hydrogens (tertiary/aromatic N) is 4. The lowest BCUT2D eigenvalue weighted by Gasteiger charge is -2.43. The summed E-state index contributed by atoms with van der Waals surface area (Å²) in [6, 6.07) is 7.02. The third-order valence-electron chi connectivity index (χ3n) is 3.59. The number of aromatic nitrogens is 1. The molecular weight excluding hydrogens is 212 g/mol. The smallest absolute Gasteiger partial charge is 0.163 e. The molecule has 2 heterocycles. The van der Waals surface area contributed by atoms with Crippen molar-refractivity contribution >= 4 is 5.69 Å². The van der Waals surface area contributed by atoms with Crippen LogP contribution in [0.4, 0.5) is 5.69 Å². The molecule has 1 aliphatic heterocycles. The van der Waals surface area contributed by atoms with Crippen molar-refractivity contribution in [3.63, 3.8) is 0 Å². The maximum atomic E-state index is 9.08. The van der Waals surface area contributed by atoms with Crippen LogP contribution in [0.1, 0.15) is 19.5 Å². The average molecular weight is 230 g/mol. The molecule has 1 aromatic rings. The van der Waals surface area contributed by atoms with E-state index >= 15 is 0 Å². The predicted molar refractivity (Wildman–Crippen MR) is 67.9 cm³/mol. The summed E-state index contributed by atoms with van der Waals surface area (Å²) in [4.78, 5) is 8.76. The molecule has 1 aromatic heterocycles. The summed E-state index contributed by atoms with van der Waals surface area (Å²) in [6.45, 7) is 6.32. The van der Waals surface area contributed by atoms with Crippen molar-refractivity contribution in [2.24, 2.45) is 0 Å². The number of anilines is 1. The van der Waals surface area contributed by atoms with Gasteiger partial charge in [-0.2, -0.15) is 5.26 Å². The first-order valence-corrected chi connectivity index (χ1v) is 5.95. The van der Waals surface area contributed by atoms with E-state index in [9.17, 15) is 0 Å². The molecule has 0 bridgehead atoms. The fourth-order valence-corrected chi connectivity index (χ4v) is 2.34. The molecular formula is C13H18N4. The third-order valence-corrected chi connectivity index (χ3v) is 3.59. The van der Waals surface area contributed by atoms with Crippen LogP contribution in [0, 0.1) is 11.3 Å². The summed E-state index contributed by atoms with van der Waals surface area (Å²) in [5, 5.41) is 9.08. The minimum absolute atomic E-state index is 0.491. The number of likely N-dealkylation sites (N-methyl/N-ethyl adjacent to an activating group) is 1. The Kier molecular flexibility index (Phi) is 3.30. The lowest BCUT2D eigenvalue weighted by molar-refractivity contribution is 0.170. The van der Waals surface area contributed by atoms with Crippen molar-refractivity contribution in [2.75, 3.05) is 25.0 Å². The van der Waals surface area contributed by atoms with Crippen molar-refractivity contribution in [3.8, 4) is 6.07 Å². The fourth-order valence-electron chi connectivity index (χ4n) is 2.34. The van der Waals surface area contributed by atoms with Crippen LogP contribution in [-0.2, 0) is 0 Å². The topological polar surface area (TPSA) is 43.2 Å². The summed E-state index contributed by atoms with van der Waals surface area (Å²) >= 11 is 0. The van der Waals surface area contributed by atoms with Gasteiger partial charge in [-0.25, -0.2) is 4.98 Å². The lowest BCUT2D eigenvalue weighted by atomic mass is 10.1. The highest BCUT2D eigenvalue weighted by Gasteiger charge is 2.27. The molecule has 2 rings (SSSR count). The van der Waals surface area contributed by atoms with Crippen LogP contribution >= 0.6 is 0 Å². The first-order chi connectivity index (χ1) is 8.13. The van der Waals surface area contributed by atoms with Crippen LogP contribution in [0.5, 0.6) is 0 Å². The van der Waals surface area contributed by atoms with Gasteiger partial charge in [0.15, 0.2) is 5.69 Å². The summed E-state index contributed by atoms with van der Waals surface area (Å²) in [5.74, 6) is 0. The van der Waals surface area contributed by atoms with E-state index in [1.807, 2.05) is 12.1 Å². The molecule has 0 radical (unpaired) electrons. The van der Waals surface area contributed by atoms with E-state index < -0.39 is 0 Å². The van der Waals surface area contributed by atoms with Gasteiger partial charge in [-0.05, 0) is 33.0 Å². The minimum Gasteiger partial charge on any atom is -0.366 e. The highest BCUT2D eigenvalue weighted by Crippen LogP contribution is 2.23. The van der Waals surface area contributed by atoms with Gasteiger partial charge in [-0.1, -0.05) is 0 Å². The van der Waals surface area contributed by atoms with Gasteiger partial charge in [0.25, 0.3) is 0 Å². The molecule has 4 nitrogen and oxygen atoms in total. The van der Waals surface area contributed by atoms with Crippen LogP contribution < -0.4 is 4.90 Å². The summed E-state index contributed by atoms with van der Waals surface area (Å²) in [5.41, 5.74) is 1.48. The van der Waals surface area contributed by atoms with E-state index in [0.717, 1.165) is 18.8 Å². The SMILES string of the molecule is CC1CN(c2cccnc2C#N)CC(C)N1C. The van der Waals surface area contributed by atoms with E-state index in [0.29, 0.717) is 17.8 Å². The first-order valence-electron chi connectivity index (χ1n) is 5.95. The summed E-state index contributed by atoms with van der Waals surface area (Å²) < 4.78 is 0. The molecule has 17 heavy (non-hydrogen) atoms. The number of piperazine rings is 1. The number of rotatable bonds is 1. The Morgan fingerprint density at radius 2 is 2.00 bits per heavy atom. The number of nitriles is 1. The van der Waals surface area contributed by atoms with Crippen molar-refractivity contribution in [1.29, 1.82) is 5.26 Å². The maximum Gasteiger partial charge on any atom is 0.163 e. The Bertz CT molecular complexity index is 425. The van der Waals surface area contributed by atoms with Gasteiger partial charge in [0, 0.05) is 31.4 Å². The molecule has 1 fully saturated rings. The number of hydrogen-bond donors (Lipinski definition) is 0. The quantitative estimate of drug-likeness (QED) is 0.733. The van der Waals surface area contributed by atoms with Crippen molar-refractivity contribution in [1.82, 2.24) is 9.88 Å². The van der Waals surface area contributed by atoms with E-state index in [2.05, 4.69) is 41.7 Å². The van der Waals surface area contributed by atoms with Crippen LogP contribution in [0.2, 0.25) is 0 Å². The summed E-state index contributed by atoms with van der Waals surface area (Å²) in [6.07, 6.45) is 1.67. The molecule has 1 aliphatic rings. The minimum atomic E-state index is 0.491. The number of hydrogen-bond acceptors (Lipinski definition) is 4. The van der Waals surface area contributed by atoms with Crippen LogP contribution in [-0.4, -0.2) is 42.1 Å². The van der Waals surface area contributed by atoms with Crippen molar-refractivity contribution in [3.05, 3.63) is 24.0 Å². The van der Waals surface area contributed by atoms with Gasteiger partial charge < -0.3 is 4.90 Å². The zero-order chi connectivity index (χ0) is 12.4. The number of pyridine rings is 1. The van der Waals surface area contributed by atoms with Gasteiger partial charge in [0.2, 0.25) is 0 Å². The Morgan fingerprint density at radius 1 is 1.35 bits per heavy atom. The molecule has 0 aliphatic carbocycles. The molecule has 0 saturated carbocycles. The standard InChI is InChI=1S/C13H18N4/c1-10-8-17(9-11(2)16(10)3)13-5-4-6-15-12(13)7-14/h4-6,10-11H,8-9H2,1-3H3. The van der Waals surface area contributed by atoms with Gasteiger partial charge in [0.1, 0.15) is 6.07 Å². The molecule has 0 aromatic carbocycles. The fraction of sp³-hybridized carbons (Fsp3) is 0.538. The van der Waals surface area contributed by atoms with Gasteiger partial charge in [-0.15, -0.1) is 0 Å². The maximum absolute atomic E-state index is 9.08. The summed E-state index contributed by atoms with van der Waals surface area (Å²) in [7, 11) is 2.15. The Balaban J connectivity index is 2.26. The molecule has 2 unspecified atom stereocenters. The Morgan fingerprint density at radius 3 is 2.59 bits per heavy atom. The largest absolute Gasteiger partial charge is 0.366 e. The second kappa shape index (κ2) is 4.72.